The van der Waals surface area contributed by atoms with Crippen molar-refractivity contribution in [2.75, 3.05) is 5.32 Å². The molecule has 4 nitrogen and oxygen atoms in total. The molecule has 1 aromatic heterocycles. The summed E-state index contributed by atoms with van der Waals surface area (Å²) in [5.74, 6) is 2.66. The van der Waals surface area contributed by atoms with Crippen LogP contribution in [0.5, 0.6) is 0 Å². The number of carbonyl (C=O) groups is 1. The van der Waals surface area contributed by atoms with Gasteiger partial charge in [-0.1, -0.05) is 11.6 Å². The predicted molar refractivity (Wildman–Crippen MR) is 96.3 cm³/mol. The molecule has 0 unspecified atom stereocenters. The SMILES string of the molecule is O=C(CC12CC3CC(CC(C3)C1)C2)Nc1c(Cl)ccc2nsnc12. The summed E-state index contributed by atoms with van der Waals surface area (Å²) in [5.41, 5.74) is 2.35. The standard InChI is InChI=1S/C18H20ClN3OS/c19-13-1-2-14-17(22-24-21-14)16(13)20-15(23)9-18-6-10-3-11(7-18)5-12(4-10)8-18/h1-2,10-12H,3-9H2,(H,20,23). The maximum atomic E-state index is 12.8. The molecule has 4 fully saturated rings. The minimum atomic E-state index is 0.0827. The van der Waals surface area contributed by atoms with Crippen LogP contribution < -0.4 is 5.32 Å². The summed E-state index contributed by atoms with van der Waals surface area (Å²) in [6.07, 6.45) is 8.54. The number of fused-ring (bicyclic) bond motifs is 1. The van der Waals surface area contributed by atoms with E-state index in [4.69, 9.17) is 11.6 Å². The first kappa shape index (κ1) is 15.1. The minimum Gasteiger partial charge on any atom is -0.323 e. The Balaban J connectivity index is 1.38. The fourth-order valence-corrected chi connectivity index (χ4v) is 6.72. The number of rotatable bonds is 3. The van der Waals surface area contributed by atoms with Crippen molar-refractivity contribution >= 4 is 46.0 Å². The van der Waals surface area contributed by atoms with Gasteiger partial charge in [-0.15, -0.1) is 0 Å². The molecule has 4 saturated carbocycles. The van der Waals surface area contributed by atoms with Gasteiger partial charge in [0.05, 0.1) is 22.4 Å². The smallest absolute Gasteiger partial charge is 0.225 e. The van der Waals surface area contributed by atoms with E-state index in [2.05, 4.69) is 14.1 Å². The fourth-order valence-electron chi connectivity index (χ4n) is 5.98. The molecular weight excluding hydrogens is 342 g/mol. The highest BCUT2D eigenvalue weighted by Gasteiger charge is 2.51. The van der Waals surface area contributed by atoms with Gasteiger partial charge in [0.25, 0.3) is 0 Å². The number of benzene rings is 1. The van der Waals surface area contributed by atoms with Gasteiger partial charge in [0.2, 0.25) is 5.91 Å². The summed E-state index contributed by atoms with van der Waals surface area (Å²) in [5, 5.41) is 3.58. The molecule has 6 rings (SSSR count). The fraction of sp³-hybridized carbons (Fsp3) is 0.611. The zero-order chi connectivity index (χ0) is 16.3. The first-order valence-electron chi connectivity index (χ1n) is 8.81. The van der Waals surface area contributed by atoms with Crippen LogP contribution in [0.15, 0.2) is 12.1 Å². The molecule has 6 heteroatoms. The van der Waals surface area contributed by atoms with Crippen LogP contribution in [0.2, 0.25) is 5.02 Å². The first-order valence-corrected chi connectivity index (χ1v) is 9.92. The topological polar surface area (TPSA) is 54.9 Å². The van der Waals surface area contributed by atoms with E-state index in [1.54, 1.807) is 6.07 Å². The van der Waals surface area contributed by atoms with Gasteiger partial charge in [0.15, 0.2) is 0 Å². The minimum absolute atomic E-state index is 0.0827. The van der Waals surface area contributed by atoms with E-state index >= 15 is 0 Å². The van der Waals surface area contributed by atoms with Crippen molar-refractivity contribution in [1.29, 1.82) is 0 Å². The Labute approximate surface area is 150 Å². The van der Waals surface area contributed by atoms with Crippen LogP contribution in [0.3, 0.4) is 0 Å². The van der Waals surface area contributed by atoms with Crippen molar-refractivity contribution in [2.45, 2.75) is 44.9 Å². The van der Waals surface area contributed by atoms with Crippen molar-refractivity contribution in [2.24, 2.45) is 23.2 Å². The maximum Gasteiger partial charge on any atom is 0.225 e. The molecule has 24 heavy (non-hydrogen) atoms. The Morgan fingerprint density at radius 1 is 1.17 bits per heavy atom. The van der Waals surface area contributed by atoms with Gasteiger partial charge in [-0.25, -0.2) is 0 Å². The highest BCUT2D eigenvalue weighted by molar-refractivity contribution is 7.00. The molecule has 126 valence electrons. The van der Waals surface area contributed by atoms with E-state index in [0.29, 0.717) is 22.6 Å². The third-order valence-electron chi connectivity index (χ3n) is 6.34. The van der Waals surface area contributed by atoms with E-state index < -0.39 is 0 Å². The largest absolute Gasteiger partial charge is 0.323 e. The second kappa shape index (κ2) is 5.40. The molecule has 0 saturated heterocycles. The highest BCUT2D eigenvalue weighted by Crippen LogP contribution is 2.61. The molecule has 1 N–H and O–H groups in total. The molecule has 4 aliphatic rings. The highest BCUT2D eigenvalue weighted by atomic mass is 35.5. The molecule has 0 radical (unpaired) electrons. The number of anilines is 1. The Kier molecular flexibility index (Phi) is 3.39. The van der Waals surface area contributed by atoms with Crippen molar-refractivity contribution in [3.05, 3.63) is 17.2 Å². The second-order valence-electron chi connectivity index (χ2n) is 8.20. The lowest BCUT2D eigenvalue weighted by Crippen LogP contribution is -2.47. The molecule has 1 aromatic carbocycles. The van der Waals surface area contributed by atoms with Gasteiger partial charge in [0, 0.05) is 6.42 Å². The predicted octanol–water partition coefficient (Wildman–Crippen LogP) is 4.89. The lowest BCUT2D eigenvalue weighted by Gasteiger charge is -2.56. The number of aromatic nitrogens is 2. The number of carbonyl (C=O) groups excluding carboxylic acids is 1. The van der Waals surface area contributed by atoms with Crippen LogP contribution in [0.25, 0.3) is 11.0 Å². The van der Waals surface area contributed by atoms with E-state index in [9.17, 15) is 4.79 Å². The Hall–Kier alpha value is -1.20. The van der Waals surface area contributed by atoms with Crippen LogP contribution in [0, 0.1) is 23.2 Å². The summed E-state index contributed by atoms with van der Waals surface area (Å²) in [4.78, 5) is 12.8. The van der Waals surface area contributed by atoms with E-state index in [0.717, 1.165) is 35.0 Å². The molecule has 0 spiro atoms. The normalized spacial score (nSPS) is 34.0. The van der Waals surface area contributed by atoms with Crippen LogP contribution in [-0.2, 0) is 4.79 Å². The van der Waals surface area contributed by atoms with Crippen LogP contribution in [-0.4, -0.2) is 14.7 Å². The van der Waals surface area contributed by atoms with Crippen molar-refractivity contribution in [3.63, 3.8) is 0 Å². The van der Waals surface area contributed by atoms with Crippen molar-refractivity contribution in [3.8, 4) is 0 Å². The zero-order valence-electron chi connectivity index (χ0n) is 13.4. The quantitative estimate of drug-likeness (QED) is 0.846. The third-order valence-corrected chi connectivity index (χ3v) is 7.20. The molecular formula is C18H20ClN3OS. The molecule has 1 heterocycles. The van der Waals surface area contributed by atoms with Gasteiger partial charge in [-0.2, -0.15) is 8.75 Å². The summed E-state index contributed by atoms with van der Waals surface area (Å²) < 4.78 is 8.52. The molecule has 0 aliphatic heterocycles. The van der Waals surface area contributed by atoms with Gasteiger partial charge in [-0.05, 0) is 73.8 Å². The summed E-state index contributed by atoms with van der Waals surface area (Å²) >= 11 is 7.45. The lowest BCUT2D eigenvalue weighted by molar-refractivity contribution is -0.124. The van der Waals surface area contributed by atoms with Gasteiger partial charge >= 0.3 is 0 Å². The van der Waals surface area contributed by atoms with E-state index in [1.165, 1.54) is 38.5 Å². The van der Waals surface area contributed by atoms with Crippen LogP contribution in [0.4, 0.5) is 5.69 Å². The monoisotopic (exact) mass is 361 g/mol. The summed E-state index contributed by atoms with van der Waals surface area (Å²) in [7, 11) is 0. The zero-order valence-corrected chi connectivity index (χ0v) is 15.0. The number of hydrogen-bond acceptors (Lipinski definition) is 4. The third kappa shape index (κ3) is 2.44. The molecule has 2 aromatic rings. The number of nitrogens with zero attached hydrogens (tertiary/aromatic N) is 2. The molecule has 1 amide bonds. The summed E-state index contributed by atoms with van der Waals surface area (Å²) in [6.45, 7) is 0. The average molecular weight is 362 g/mol. The van der Waals surface area contributed by atoms with Gasteiger partial charge in [0.1, 0.15) is 11.0 Å². The van der Waals surface area contributed by atoms with Crippen LogP contribution >= 0.6 is 23.3 Å². The Morgan fingerprint density at radius 2 is 1.83 bits per heavy atom. The first-order chi connectivity index (χ1) is 11.6. The van der Waals surface area contributed by atoms with E-state index in [-0.39, 0.29) is 11.3 Å². The number of halogens is 1. The van der Waals surface area contributed by atoms with Crippen molar-refractivity contribution < 1.29 is 4.79 Å². The molecule has 4 bridgehead atoms. The molecule has 0 atom stereocenters. The van der Waals surface area contributed by atoms with E-state index in [1.807, 2.05) is 6.07 Å². The lowest BCUT2D eigenvalue weighted by atomic mass is 9.49. The number of amides is 1. The average Bonchev–Trinajstić information content (AvgIpc) is 2.97. The second-order valence-corrected chi connectivity index (χ2v) is 9.13. The van der Waals surface area contributed by atoms with Gasteiger partial charge in [-0.3, -0.25) is 4.79 Å². The van der Waals surface area contributed by atoms with Gasteiger partial charge < -0.3 is 5.32 Å². The molecule has 4 aliphatic carbocycles. The maximum absolute atomic E-state index is 12.8. The van der Waals surface area contributed by atoms with Crippen LogP contribution in [0.1, 0.15) is 44.9 Å². The Bertz CT molecular complexity index is 782. The Morgan fingerprint density at radius 3 is 2.50 bits per heavy atom. The number of nitrogens with one attached hydrogen (secondary N) is 1. The number of hydrogen-bond donors (Lipinski definition) is 1. The summed E-state index contributed by atoms with van der Waals surface area (Å²) in [6, 6.07) is 3.63. The van der Waals surface area contributed by atoms with Crippen molar-refractivity contribution in [1.82, 2.24) is 8.75 Å².